The van der Waals surface area contributed by atoms with E-state index < -0.39 is 64.6 Å². The summed E-state index contributed by atoms with van der Waals surface area (Å²) in [5.74, 6) is 1.19. The number of aliphatic hydroxyl groups is 1. The van der Waals surface area contributed by atoms with Crippen molar-refractivity contribution in [2.45, 2.75) is 74.8 Å². The van der Waals surface area contributed by atoms with E-state index in [0.717, 1.165) is 16.7 Å². The minimum atomic E-state index is -1.27. The number of rotatable bonds is 4. The van der Waals surface area contributed by atoms with E-state index in [4.69, 9.17) is 28.4 Å². The van der Waals surface area contributed by atoms with Gasteiger partial charge in [-0.25, -0.2) is 0 Å². The molecule has 17 heteroatoms. The Kier molecular flexibility index (Phi) is 9.72. The van der Waals surface area contributed by atoms with Gasteiger partial charge >= 0.3 is 351 Å². The number of hydrogen-bond donors (Lipinski definition) is 3. The molecular weight excluding hydrogens is 972 g/mol. The third-order valence-electron chi connectivity index (χ3n) is 12.5. The number of piperazine rings is 1. The van der Waals surface area contributed by atoms with Crippen molar-refractivity contribution in [3.8, 4) is 40.2 Å². The molecular formula is C39H42I2N3O11S-. The van der Waals surface area contributed by atoms with Crippen molar-refractivity contribution in [3.63, 3.8) is 0 Å². The molecule has 0 aliphatic carbocycles. The summed E-state index contributed by atoms with van der Waals surface area (Å²) in [6.07, 6.45) is 0.0377. The quantitative estimate of drug-likeness (QED) is 0.149. The first-order valence-corrected chi connectivity index (χ1v) is 26.6. The predicted octanol–water partition coefficient (Wildman–Crippen LogP) is 1.48. The summed E-state index contributed by atoms with van der Waals surface area (Å²) in [4.78, 5) is 32.2. The van der Waals surface area contributed by atoms with Crippen LogP contribution >= 0.6 is 30.4 Å². The molecule has 14 nitrogen and oxygen atoms in total. The van der Waals surface area contributed by atoms with Crippen LogP contribution in [0.5, 0.6) is 40.2 Å². The molecule has 7 aliphatic rings. The van der Waals surface area contributed by atoms with Gasteiger partial charge in [0.2, 0.25) is 0 Å². The summed E-state index contributed by atoms with van der Waals surface area (Å²) in [5.41, 5.74) is 4.64. The Morgan fingerprint density at radius 2 is 1.80 bits per heavy atom. The number of ether oxygens (including phenoxy) is 6. The molecule has 3 N–H and O–H groups in total. The summed E-state index contributed by atoms with van der Waals surface area (Å²) in [5, 5.41) is 35.0. The van der Waals surface area contributed by atoms with Crippen LogP contribution in [0.1, 0.15) is 68.8 Å². The zero-order valence-electron chi connectivity index (χ0n) is 31.6. The Labute approximate surface area is 348 Å². The van der Waals surface area contributed by atoms with Gasteiger partial charge in [-0.05, 0) is 0 Å². The number of carbonyl (C=O) groups excluding carboxylic acids is 2. The maximum absolute atomic E-state index is 15.1. The summed E-state index contributed by atoms with van der Waals surface area (Å²) in [6, 6.07) is 3.28. The first-order chi connectivity index (χ1) is 26.9. The van der Waals surface area contributed by atoms with E-state index in [9.17, 15) is 20.1 Å². The van der Waals surface area contributed by atoms with Gasteiger partial charge in [-0.3, -0.25) is 0 Å². The molecule has 300 valence electrons. The molecule has 4 bridgehead atoms. The van der Waals surface area contributed by atoms with Crippen molar-refractivity contribution >= 4 is 42.3 Å². The second-order valence-corrected chi connectivity index (χ2v) is 20.2. The van der Waals surface area contributed by atoms with E-state index in [-0.39, 0.29) is 42.4 Å². The average molecular weight is 1010 g/mol. The van der Waals surface area contributed by atoms with Crippen LogP contribution in [0, 0.1) is 13.8 Å². The molecule has 0 radical (unpaired) electrons. The predicted molar refractivity (Wildman–Crippen MR) is 207 cm³/mol. The first kappa shape index (κ1) is 38.6. The zero-order valence-corrected chi connectivity index (χ0v) is 36.7. The van der Waals surface area contributed by atoms with E-state index in [0.29, 0.717) is 70.2 Å². The van der Waals surface area contributed by atoms with Gasteiger partial charge in [0.15, 0.2) is 0 Å². The third kappa shape index (κ3) is 5.32. The maximum atomic E-state index is 15.1. The summed E-state index contributed by atoms with van der Waals surface area (Å²) in [7, 11) is 5.00. The fourth-order valence-electron chi connectivity index (χ4n) is 10.1. The van der Waals surface area contributed by atoms with Crippen molar-refractivity contribution in [2.75, 3.05) is 47.0 Å². The molecule has 56 heavy (non-hydrogen) atoms. The van der Waals surface area contributed by atoms with Crippen LogP contribution < -0.4 is 41.2 Å². The number of methoxy groups -OCH3 is 2. The van der Waals surface area contributed by atoms with Crippen LogP contribution in [0.2, 0.25) is 0 Å². The normalized spacial score (nSPS) is 29.2. The zero-order chi connectivity index (χ0) is 39.5. The Bertz CT molecular complexity index is 2190. The van der Waals surface area contributed by atoms with Crippen molar-refractivity contribution in [1.82, 2.24) is 12.9 Å². The number of nitrogens with zero attached hydrogens (tertiary/aromatic N) is 3. The number of esters is 2. The molecule has 0 unspecified atom stereocenters. The van der Waals surface area contributed by atoms with Crippen LogP contribution in [0.4, 0.5) is 0 Å². The van der Waals surface area contributed by atoms with Gasteiger partial charge in [-0.2, -0.15) is 0 Å². The number of phenols is 2. The van der Waals surface area contributed by atoms with E-state index in [2.05, 4.69) is 26.6 Å². The molecule has 10 rings (SSSR count). The fraction of sp³-hybridized carbons (Fsp3) is 0.487. The van der Waals surface area contributed by atoms with E-state index >= 15 is 4.79 Å². The molecule has 7 heterocycles. The standard InChI is InChI=1S/C39H42I2N3O11S/c1-16-9-20-10-22-37(48)44-23-13-52-38(49)39(21-12-25(50-5)24(46)11-19(21)7-8-43(39)41-40)14-56-36(30(44)29(42(22)4)26(20)31(47)32(16)51-6)28-27(23)35-34(53-15-54-35)17(2)33(28)55-18(3)45/h9,11-12,22-23,29-30,36-37,46-48H,7-8,10,13-15H2,1-6H3/q-1/t22-,23-,29+,30+,36+,37-,39+/m0/s1. The number of aromatic hydroxyl groups is 2. The van der Waals surface area contributed by atoms with Gasteiger partial charge < -0.3 is 0 Å². The monoisotopic (exact) mass is 1010 g/mol. The summed E-state index contributed by atoms with van der Waals surface area (Å²) < 4.78 is 38.6. The topological polar surface area (TPSA) is 160 Å². The van der Waals surface area contributed by atoms with Gasteiger partial charge in [0, 0.05) is 0 Å². The molecule has 0 saturated carbocycles. The molecule has 0 aromatic heterocycles. The molecule has 3 aromatic carbocycles. The number of fused-ring (bicyclic) bond motifs is 9. The van der Waals surface area contributed by atoms with Crippen LogP contribution in [0.3, 0.4) is 0 Å². The molecule has 3 aromatic rings. The molecule has 1 spiro atoms. The number of phenolic OH excluding ortho intramolecular Hbond substituents is 2. The second-order valence-electron chi connectivity index (χ2n) is 15.1. The third-order valence-corrected chi connectivity index (χ3v) is 18.6. The number of thioether (sulfide) groups is 1. The Morgan fingerprint density at radius 3 is 2.52 bits per heavy atom. The van der Waals surface area contributed by atoms with Gasteiger partial charge in [-0.1, -0.05) is 0 Å². The molecule has 0 amide bonds. The Balaban J connectivity index is 1.34. The summed E-state index contributed by atoms with van der Waals surface area (Å²) >= 11 is 3.21. The first-order valence-electron chi connectivity index (χ1n) is 18.3. The molecule has 7 aliphatic heterocycles. The van der Waals surface area contributed by atoms with Crippen LogP contribution in [0.25, 0.3) is 0 Å². The second kappa shape index (κ2) is 14.1. The van der Waals surface area contributed by atoms with Crippen molar-refractivity contribution in [3.05, 3.63) is 62.7 Å². The number of hydrogen-bond acceptors (Lipinski definition) is 15. The van der Waals surface area contributed by atoms with Gasteiger partial charge in [0.05, 0.1) is 0 Å². The van der Waals surface area contributed by atoms with Crippen LogP contribution in [-0.2, 0) is 32.7 Å². The van der Waals surface area contributed by atoms with Gasteiger partial charge in [-0.15, -0.1) is 0 Å². The minimum absolute atomic E-state index is 0.00340. The molecule has 2 saturated heterocycles. The Hall–Kier alpha value is -2.95. The molecule has 2 fully saturated rings. The number of likely N-dealkylation sites (N-methyl/N-ethyl adjacent to an activating group) is 1. The van der Waals surface area contributed by atoms with E-state index in [1.54, 1.807) is 19.2 Å². The number of aliphatic hydroxyl groups excluding tert-OH is 1. The summed E-state index contributed by atoms with van der Waals surface area (Å²) in [6.45, 7) is 5.45. The fourth-order valence-corrected chi connectivity index (χ4v) is 16.8. The van der Waals surface area contributed by atoms with Crippen molar-refractivity contribution < 1.29 is 70.8 Å². The van der Waals surface area contributed by atoms with Crippen molar-refractivity contribution in [1.29, 1.82) is 0 Å². The number of benzene rings is 3. The Morgan fingerprint density at radius 1 is 1.04 bits per heavy atom. The van der Waals surface area contributed by atoms with Crippen LogP contribution in [0.15, 0.2) is 18.2 Å². The number of aryl methyl sites for hydroxylation is 1. The van der Waals surface area contributed by atoms with E-state index in [1.165, 1.54) is 25.8 Å². The van der Waals surface area contributed by atoms with Crippen LogP contribution in [-0.4, -0.2) is 105 Å². The van der Waals surface area contributed by atoms with Gasteiger partial charge in [0.1, 0.15) is 0 Å². The molecule has 7 atom stereocenters. The van der Waals surface area contributed by atoms with E-state index in [1.807, 2.05) is 31.9 Å². The van der Waals surface area contributed by atoms with Crippen molar-refractivity contribution in [2.24, 2.45) is 0 Å². The number of carbonyl (C=O) groups is 2. The SMILES string of the molecule is COc1cc2c(cc1O)CCN([I-]I)[C@]21CS[C@@H]2c3c(OC(C)=O)c(C)c4c(c3[C@H](COC1=O)N1[C@@H]2[C@H]2c3c(cc(C)c(OC)c3O)C[C@@H]([C@@H]1O)N2C)OCO4. The van der Waals surface area contributed by atoms with Gasteiger partial charge in [0.25, 0.3) is 0 Å². The average Bonchev–Trinajstić information content (AvgIpc) is 3.66. The number of halogens is 2.